The highest BCUT2D eigenvalue weighted by atomic mass is 16.6. The lowest BCUT2D eigenvalue weighted by molar-refractivity contribution is -0.0656. The van der Waals surface area contributed by atoms with Gasteiger partial charge in [0.15, 0.2) is 12.6 Å². The molecule has 0 fully saturated rings. The first-order valence-electron chi connectivity index (χ1n) is 11.8. The fraction of sp³-hybridized carbons (Fsp3) is 0.310. The summed E-state index contributed by atoms with van der Waals surface area (Å²) in [5.41, 5.74) is 5.59. The molecule has 0 aromatic heterocycles. The quantitative estimate of drug-likeness (QED) is 0.172. The van der Waals surface area contributed by atoms with Crippen LogP contribution >= 0.6 is 0 Å². The molecule has 180 valence electrons. The van der Waals surface area contributed by atoms with Crippen molar-refractivity contribution >= 4 is 17.1 Å². The van der Waals surface area contributed by atoms with Crippen molar-refractivity contribution < 1.29 is 19.7 Å². The monoisotopic (exact) mass is 461 g/mol. The van der Waals surface area contributed by atoms with Gasteiger partial charge in [-0.15, -0.1) is 0 Å². The fourth-order valence-electron chi connectivity index (χ4n) is 3.59. The molecule has 2 N–H and O–H groups in total. The molecule has 3 aromatic rings. The van der Waals surface area contributed by atoms with Crippen molar-refractivity contribution in [2.45, 2.75) is 52.1 Å². The number of hydrogen-bond acceptors (Lipinski definition) is 5. The number of anilines is 3. The molecule has 0 aliphatic rings. The van der Waals surface area contributed by atoms with Crippen LogP contribution in [0, 0.1) is 13.8 Å². The van der Waals surface area contributed by atoms with Crippen molar-refractivity contribution in [1.29, 1.82) is 0 Å². The molecule has 0 spiro atoms. The van der Waals surface area contributed by atoms with Crippen LogP contribution in [0.2, 0.25) is 0 Å². The van der Waals surface area contributed by atoms with Gasteiger partial charge in [-0.2, -0.15) is 0 Å². The Kier molecular flexibility index (Phi) is 9.71. The Bertz CT molecular complexity index is 954. The van der Waals surface area contributed by atoms with E-state index in [4.69, 9.17) is 9.47 Å². The summed E-state index contributed by atoms with van der Waals surface area (Å²) in [4.78, 5) is 2.20. The van der Waals surface area contributed by atoms with E-state index in [1.807, 2.05) is 24.3 Å². The Labute approximate surface area is 202 Å². The highest BCUT2D eigenvalue weighted by Gasteiger charge is 2.13. The number of aryl methyl sites for hydroxylation is 2. The Balaban J connectivity index is 1.60. The second kappa shape index (κ2) is 12.9. The highest BCUT2D eigenvalue weighted by molar-refractivity contribution is 5.76. The van der Waals surface area contributed by atoms with E-state index in [1.54, 1.807) is 0 Å². The van der Waals surface area contributed by atoms with E-state index < -0.39 is 12.6 Å². The van der Waals surface area contributed by atoms with Gasteiger partial charge in [0, 0.05) is 23.5 Å². The van der Waals surface area contributed by atoms with E-state index in [1.165, 1.54) is 17.2 Å². The molecule has 0 heterocycles. The van der Waals surface area contributed by atoms with E-state index >= 15 is 0 Å². The summed E-state index contributed by atoms with van der Waals surface area (Å²) in [5, 5.41) is 19.5. The summed E-state index contributed by atoms with van der Waals surface area (Å²) in [5.74, 6) is 0.626. The minimum absolute atomic E-state index is 0.462. The molecule has 0 aliphatic carbocycles. The van der Waals surface area contributed by atoms with Crippen LogP contribution in [0.4, 0.5) is 17.1 Å². The molecule has 0 saturated carbocycles. The Morgan fingerprint density at radius 2 is 1.26 bits per heavy atom. The number of benzene rings is 3. The van der Waals surface area contributed by atoms with Crippen LogP contribution in [0.5, 0.6) is 5.75 Å². The molecule has 0 aliphatic heterocycles. The van der Waals surface area contributed by atoms with Crippen molar-refractivity contribution in [2.75, 3.05) is 11.5 Å². The lowest BCUT2D eigenvalue weighted by Gasteiger charge is -2.26. The molecule has 0 bridgehead atoms. The first-order valence-corrected chi connectivity index (χ1v) is 11.8. The highest BCUT2D eigenvalue weighted by Crippen LogP contribution is 2.35. The number of hydrogen-bond donors (Lipinski definition) is 2. The van der Waals surface area contributed by atoms with Crippen LogP contribution in [0.1, 0.15) is 36.8 Å². The van der Waals surface area contributed by atoms with Crippen LogP contribution in [0.25, 0.3) is 0 Å². The van der Waals surface area contributed by atoms with Crippen LogP contribution in [-0.2, 0) is 4.74 Å². The average Bonchev–Trinajstić information content (AvgIpc) is 2.84. The summed E-state index contributed by atoms with van der Waals surface area (Å²) in [6, 6.07) is 24.7. The Morgan fingerprint density at radius 3 is 1.76 bits per heavy atom. The Hall–Kier alpha value is -3.12. The minimum atomic E-state index is -0.912. The summed E-state index contributed by atoms with van der Waals surface area (Å²) in [6.07, 6.45) is 2.60. The molecule has 2 unspecified atom stereocenters. The average molecular weight is 462 g/mol. The first-order chi connectivity index (χ1) is 16.5. The maximum Gasteiger partial charge on any atom is 0.197 e. The van der Waals surface area contributed by atoms with Crippen molar-refractivity contribution in [3.05, 3.63) is 96.6 Å². The number of aliphatic hydroxyl groups excluding tert-OH is 2. The molecule has 5 nitrogen and oxygen atoms in total. The van der Waals surface area contributed by atoms with Crippen LogP contribution in [0.15, 0.2) is 85.5 Å². The van der Waals surface area contributed by atoms with Crippen molar-refractivity contribution in [3.8, 4) is 5.75 Å². The molecule has 5 heteroatoms. The summed E-state index contributed by atoms with van der Waals surface area (Å²) < 4.78 is 10.8. The standard InChI is InChI=1S/C29H35NO4/c1-4-28(31)33-21-7-5-6-8-29(32)34-27-19-17-26(18-20-27)30(24-13-9-22(2)10-14-24)25-15-11-23(3)12-16-25/h4,9-20,28-29,31-32H,1,5-8,21H2,2-3H3. The zero-order valence-electron chi connectivity index (χ0n) is 20.1. The van der Waals surface area contributed by atoms with Gasteiger partial charge in [0.25, 0.3) is 0 Å². The molecule has 0 radical (unpaired) electrons. The number of nitrogens with zero attached hydrogens (tertiary/aromatic N) is 1. The zero-order chi connectivity index (χ0) is 24.3. The molecule has 3 aromatic carbocycles. The van der Waals surface area contributed by atoms with E-state index in [0.29, 0.717) is 18.8 Å². The van der Waals surface area contributed by atoms with Crippen molar-refractivity contribution in [1.82, 2.24) is 0 Å². The number of unbranched alkanes of at least 4 members (excludes halogenated alkanes) is 2. The van der Waals surface area contributed by atoms with Gasteiger partial charge in [-0.05, 0) is 81.3 Å². The van der Waals surface area contributed by atoms with Crippen molar-refractivity contribution in [3.63, 3.8) is 0 Å². The summed E-state index contributed by atoms with van der Waals surface area (Å²) in [6.45, 7) is 8.09. The first kappa shape index (κ1) is 25.5. The SMILES string of the molecule is C=CC(O)OCCCCCC(O)Oc1ccc(N(c2ccc(C)cc2)c2ccc(C)cc2)cc1. The van der Waals surface area contributed by atoms with E-state index in [9.17, 15) is 10.2 Å². The molecule has 0 amide bonds. The van der Waals surface area contributed by atoms with E-state index in [0.717, 1.165) is 36.3 Å². The largest absolute Gasteiger partial charge is 0.465 e. The van der Waals surface area contributed by atoms with Crippen LogP contribution in [0.3, 0.4) is 0 Å². The van der Waals surface area contributed by atoms with Gasteiger partial charge in [-0.25, -0.2) is 0 Å². The zero-order valence-corrected chi connectivity index (χ0v) is 20.1. The molecular weight excluding hydrogens is 426 g/mol. The number of ether oxygens (including phenoxy) is 2. The molecular formula is C29H35NO4. The number of rotatable bonds is 13. The second-order valence-corrected chi connectivity index (χ2v) is 8.42. The second-order valence-electron chi connectivity index (χ2n) is 8.42. The number of aliphatic hydroxyl groups is 2. The lowest BCUT2D eigenvalue weighted by Crippen LogP contribution is -2.15. The van der Waals surface area contributed by atoms with E-state index in [2.05, 4.69) is 73.9 Å². The van der Waals surface area contributed by atoms with Crippen molar-refractivity contribution in [2.24, 2.45) is 0 Å². The third-order valence-electron chi connectivity index (χ3n) is 5.54. The molecule has 0 saturated heterocycles. The predicted molar refractivity (Wildman–Crippen MR) is 138 cm³/mol. The van der Waals surface area contributed by atoms with Gasteiger partial charge in [0.1, 0.15) is 5.75 Å². The lowest BCUT2D eigenvalue weighted by atomic mass is 10.1. The van der Waals surface area contributed by atoms with Gasteiger partial charge in [-0.1, -0.05) is 48.4 Å². The summed E-state index contributed by atoms with van der Waals surface area (Å²) in [7, 11) is 0. The Morgan fingerprint density at radius 1 is 0.765 bits per heavy atom. The van der Waals surface area contributed by atoms with Gasteiger partial charge in [0.05, 0.1) is 6.61 Å². The van der Waals surface area contributed by atoms with Crippen LogP contribution < -0.4 is 9.64 Å². The topological polar surface area (TPSA) is 62.2 Å². The maximum absolute atomic E-state index is 10.3. The maximum atomic E-state index is 10.3. The third-order valence-corrected chi connectivity index (χ3v) is 5.54. The molecule has 34 heavy (non-hydrogen) atoms. The minimum Gasteiger partial charge on any atom is -0.465 e. The van der Waals surface area contributed by atoms with Gasteiger partial charge in [-0.3, -0.25) is 0 Å². The van der Waals surface area contributed by atoms with E-state index in [-0.39, 0.29) is 0 Å². The van der Waals surface area contributed by atoms with Crippen LogP contribution in [-0.4, -0.2) is 29.4 Å². The van der Waals surface area contributed by atoms with Gasteiger partial charge < -0.3 is 24.6 Å². The summed E-state index contributed by atoms with van der Waals surface area (Å²) >= 11 is 0. The molecule has 2 atom stereocenters. The molecule has 3 rings (SSSR count). The normalized spacial score (nSPS) is 12.7. The van der Waals surface area contributed by atoms with Gasteiger partial charge >= 0.3 is 0 Å². The third kappa shape index (κ3) is 7.73. The smallest absolute Gasteiger partial charge is 0.197 e. The predicted octanol–water partition coefficient (Wildman–Crippen LogP) is 6.55. The fourth-order valence-corrected chi connectivity index (χ4v) is 3.59. The van der Waals surface area contributed by atoms with Gasteiger partial charge in [0.2, 0.25) is 0 Å².